The van der Waals surface area contributed by atoms with Gasteiger partial charge in [-0.3, -0.25) is 4.98 Å². The lowest BCUT2D eigenvalue weighted by atomic mass is 10.2. The van der Waals surface area contributed by atoms with Crippen molar-refractivity contribution < 1.29 is 0 Å². The van der Waals surface area contributed by atoms with E-state index in [2.05, 4.69) is 52.8 Å². The lowest BCUT2D eigenvalue weighted by Gasteiger charge is -2.25. The van der Waals surface area contributed by atoms with Gasteiger partial charge in [-0.2, -0.15) is 0 Å². The van der Waals surface area contributed by atoms with Crippen LogP contribution in [0, 0.1) is 0 Å². The molecule has 2 nitrogen and oxygen atoms in total. The molecule has 0 aliphatic carbocycles. The highest BCUT2D eigenvalue weighted by Gasteiger charge is 2.07. The van der Waals surface area contributed by atoms with Crippen LogP contribution in [0.3, 0.4) is 0 Å². The molecule has 0 radical (unpaired) electrons. The molecule has 0 N–H and O–H groups in total. The van der Waals surface area contributed by atoms with E-state index in [1.807, 2.05) is 6.20 Å². The molecule has 0 amide bonds. The standard InChI is InChI=1S/C10H15BrN2/c1-4-8(2)13(3)10-5-9(11)6-12-7-10/h5-8H,4H2,1-3H3. The Morgan fingerprint density at radius 1 is 1.54 bits per heavy atom. The number of pyridine rings is 1. The molecule has 1 heterocycles. The van der Waals surface area contributed by atoms with E-state index < -0.39 is 0 Å². The van der Waals surface area contributed by atoms with Crippen molar-refractivity contribution in [1.29, 1.82) is 0 Å². The zero-order valence-corrected chi connectivity index (χ0v) is 9.87. The van der Waals surface area contributed by atoms with Crippen molar-refractivity contribution in [3.8, 4) is 0 Å². The average Bonchev–Trinajstić information content (AvgIpc) is 2.15. The lowest BCUT2D eigenvalue weighted by molar-refractivity contribution is 0.663. The Balaban J connectivity index is 2.82. The molecule has 0 fully saturated rings. The van der Waals surface area contributed by atoms with Crippen LogP contribution in [0.1, 0.15) is 20.3 Å². The van der Waals surface area contributed by atoms with Gasteiger partial charge in [0.2, 0.25) is 0 Å². The van der Waals surface area contributed by atoms with Gasteiger partial charge >= 0.3 is 0 Å². The Hall–Kier alpha value is -0.570. The Kier molecular flexibility index (Phi) is 3.72. The number of aromatic nitrogens is 1. The van der Waals surface area contributed by atoms with E-state index in [9.17, 15) is 0 Å². The van der Waals surface area contributed by atoms with Gasteiger partial charge in [0, 0.05) is 23.8 Å². The monoisotopic (exact) mass is 242 g/mol. The molecule has 1 aromatic rings. The molecule has 0 aromatic carbocycles. The first-order valence-electron chi connectivity index (χ1n) is 4.48. The fraction of sp³-hybridized carbons (Fsp3) is 0.500. The first-order chi connectivity index (χ1) is 6.15. The van der Waals surface area contributed by atoms with E-state index in [1.165, 1.54) is 0 Å². The van der Waals surface area contributed by atoms with Gasteiger partial charge in [-0.25, -0.2) is 0 Å². The minimum atomic E-state index is 0.552. The summed E-state index contributed by atoms with van der Waals surface area (Å²) in [5, 5.41) is 0. The first kappa shape index (κ1) is 10.5. The third-order valence-corrected chi connectivity index (χ3v) is 2.78. The molecular formula is C10H15BrN2. The van der Waals surface area contributed by atoms with Gasteiger partial charge in [0.15, 0.2) is 0 Å². The number of nitrogens with zero attached hydrogens (tertiary/aromatic N) is 2. The Morgan fingerprint density at radius 2 is 2.23 bits per heavy atom. The summed E-state index contributed by atoms with van der Waals surface area (Å²) in [6.45, 7) is 4.40. The Bertz CT molecular complexity index is 275. The summed E-state index contributed by atoms with van der Waals surface area (Å²) in [6.07, 6.45) is 4.83. The number of anilines is 1. The summed E-state index contributed by atoms with van der Waals surface area (Å²) in [5.41, 5.74) is 1.16. The predicted octanol–water partition coefficient (Wildman–Crippen LogP) is 3.08. The van der Waals surface area contributed by atoms with Gasteiger partial charge < -0.3 is 4.90 Å². The van der Waals surface area contributed by atoms with Crippen molar-refractivity contribution >= 4 is 21.6 Å². The number of hydrogen-bond acceptors (Lipinski definition) is 2. The van der Waals surface area contributed by atoms with Crippen LogP contribution in [0.15, 0.2) is 22.9 Å². The second-order valence-corrected chi connectivity index (χ2v) is 4.15. The smallest absolute Gasteiger partial charge is 0.0563 e. The maximum absolute atomic E-state index is 4.13. The zero-order chi connectivity index (χ0) is 9.84. The van der Waals surface area contributed by atoms with Crippen LogP contribution in [-0.2, 0) is 0 Å². The predicted molar refractivity (Wildman–Crippen MR) is 60.1 cm³/mol. The molecule has 72 valence electrons. The highest BCUT2D eigenvalue weighted by atomic mass is 79.9. The van der Waals surface area contributed by atoms with Gasteiger partial charge in [-0.15, -0.1) is 0 Å². The summed E-state index contributed by atoms with van der Waals surface area (Å²) in [4.78, 5) is 6.37. The normalized spacial score (nSPS) is 12.6. The molecular weight excluding hydrogens is 228 g/mol. The maximum Gasteiger partial charge on any atom is 0.0563 e. The molecule has 0 saturated heterocycles. The molecule has 3 heteroatoms. The van der Waals surface area contributed by atoms with Crippen LogP contribution in [0.2, 0.25) is 0 Å². The topological polar surface area (TPSA) is 16.1 Å². The highest BCUT2D eigenvalue weighted by molar-refractivity contribution is 9.10. The molecule has 1 atom stereocenters. The van der Waals surface area contributed by atoms with Gasteiger partial charge in [0.25, 0.3) is 0 Å². The number of halogens is 1. The highest BCUT2D eigenvalue weighted by Crippen LogP contribution is 2.19. The van der Waals surface area contributed by atoms with Crippen LogP contribution in [0.5, 0.6) is 0 Å². The van der Waals surface area contributed by atoms with Crippen molar-refractivity contribution in [2.45, 2.75) is 26.3 Å². The minimum absolute atomic E-state index is 0.552. The van der Waals surface area contributed by atoms with Crippen molar-refractivity contribution in [1.82, 2.24) is 4.98 Å². The van der Waals surface area contributed by atoms with Gasteiger partial charge in [0.05, 0.1) is 11.9 Å². The largest absolute Gasteiger partial charge is 0.371 e. The number of rotatable bonds is 3. The van der Waals surface area contributed by atoms with Crippen molar-refractivity contribution in [2.75, 3.05) is 11.9 Å². The Labute approximate surface area is 88.1 Å². The molecule has 0 saturated carbocycles. The van der Waals surface area contributed by atoms with E-state index in [4.69, 9.17) is 0 Å². The SMILES string of the molecule is CCC(C)N(C)c1cncc(Br)c1. The molecule has 13 heavy (non-hydrogen) atoms. The molecule has 0 aliphatic heterocycles. The van der Waals surface area contributed by atoms with Crippen LogP contribution in [0.25, 0.3) is 0 Å². The minimum Gasteiger partial charge on any atom is -0.371 e. The fourth-order valence-corrected chi connectivity index (χ4v) is 1.47. The van der Waals surface area contributed by atoms with Crippen molar-refractivity contribution in [3.05, 3.63) is 22.9 Å². The molecule has 0 aliphatic rings. The third kappa shape index (κ3) is 2.69. The van der Waals surface area contributed by atoms with E-state index in [0.29, 0.717) is 6.04 Å². The summed E-state index contributed by atoms with van der Waals surface area (Å²) in [7, 11) is 2.09. The second-order valence-electron chi connectivity index (χ2n) is 3.23. The van der Waals surface area contributed by atoms with E-state index >= 15 is 0 Å². The zero-order valence-electron chi connectivity index (χ0n) is 8.29. The van der Waals surface area contributed by atoms with Crippen LogP contribution < -0.4 is 4.90 Å². The van der Waals surface area contributed by atoms with E-state index in [-0.39, 0.29) is 0 Å². The van der Waals surface area contributed by atoms with Crippen LogP contribution in [0.4, 0.5) is 5.69 Å². The molecule has 1 unspecified atom stereocenters. The summed E-state index contributed by atoms with van der Waals surface area (Å²) in [6, 6.07) is 2.63. The van der Waals surface area contributed by atoms with Crippen molar-refractivity contribution in [3.63, 3.8) is 0 Å². The quantitative estimate of drug-likeness (QED) is 0.810. The van der Waals surface area contributed by atoms with Crippen LogP contribution in [-0.4, -0.2) is 18.1 Å². The van der Waals surface area contributed by atoms with Gasteiger partial charge in [-0.05, 0) is 35.3 Å². The maximum atomic E-state index is 4.13. The van der Waals surface area contributed by atoms with E-state index in [1.54, 1.807) is 6.20 Å². The number of hydrogen-bond donors (Lipinski definition) is 0. The first-order valence-corrected chi connectivity index (χ1v) is 5.27. The Morgan fingerprint density at radius 3 is 2.77 bits per heavy atom. The third-order valence-electron chi connectivity index (χ3n) is 2.35. The van der Waals surface area contributed by atoms with Gasteiger partial charge in [0.1, 0.15) is 0 Å². The fourth-order valence-electron chi connectivity index (χ4n) is 1.12. The summed E-state index contributed by atoms with van der Waals surface area (Å²) >= 11 is 3.41. The lowest BCUT2D eigenvalue weighted by Crippen LogP contribution is -2.27. The van der Waals surface area contributed by atoms with Gasteiger partial charge in [-0.1, -0.05) is 6.92 Å². The van der Waals surface area contributed by atoms with Crippen LogP contribution >= 0.6 is 15.9 Å². The molecule has 1 rings (SSSR count). The molecule has 0 spiro atoms. The molecule has 0 bridgehead atoms. The summed E-state index contributed by atoms with van der Waals surface area (Å²) < 4.78 is 1.03. The molecule has 1 aromatic heterocycles. The van der Waals surface area contributed by atoms with E-state index in [0.717, 1.165) is 16.6 Å². The second kappa shape index (κ2) is 4.61. The summed E-state index contributed by atoms with van der Waals surface area (Å²) in [5.74, 6) is 0. The average molecular weight is 243 g/mol. The van der Waals surface area contributed by atoms with Crippen molar-refractivity contribution in [2.24, 2.45) is 0 Å².